The number of thioether (sulfide) groups is 1. The van der Waals surface area contributed by atoms with E-state index in [2.05, 4.69) is 27.4 Å². The minimum absolute atomic E-state index is 0.554. The second-order valence-corrected chi connectivity index (χ2v) is 7.55. The van der Waals surface area contributed by atoms with Crippen molar-refractivity contribution in [3.63, 3.8) is 0 Å². The van der Waals surface area contributed by atoms with Gasteiger partial charge in [-0.15, -0.1) is 0 Å². The molecule has 0 N–H and O–H groups in total. The van der Waals surface area contributed by atoms with Crippen LogP contribution in [0.1, 0.15) is 37.5 Å². The topological polar surface area (TPSA) is 39.9 Å². The molecule has 2 atom stereocenters. The Balaban J connectivity index is 1.68. The summed E-state index contributed by atoms with van der Waals surface area (Å²) in [4.78, 5) is 9.55. The Kier molecular flexibility index (Phi) is 4.35. The van der Waals surface area contributed by atoms with Crippen LogP contribution in [0.4, 0.5) is 0 Å². The lowest BCUT2D eigenvalue weighted by Crippen LogP contribution is -2.24. The molecule has 2 aromatic rings. The van der Waals surface area contributed by atoms with E-state index in [4.69, 9.17) is 9.72 Å². The second kappa shape index (κ2) is 6.59. The molecule has 2 fully saturated rings. The minimum atomic E-state index is 0.554. The number of rotatable bonds is 3. The third-order valence-corrected chi connectivity index (χ3v) is 5.95. The number of aromatic nitrogens is 3. The molecule has 5 heteroatoms. The van der Waals surface area contributed by atoms with Crippen molar-refractivity contribution in [1.82, 2.24) is 14.5 Å². The van der Waals surface area contributed by atoms with E-state index in [0.717, 1.165) is 30.8 Å². The summed E-state index contributed by atoms with van der Waals surface area (Å²) in [5, 5.41) is 0. The summed E-state index contributed by atoms with van der Waals surface area (Å²) in [5.41, 5.74) is 2.12. The Morgan fingerprint density at radius 1 is 1.32 bits per heavy atom. The van der Waals surface area contributed by atoms with E-state index in [1.807, 2.05) is 12.3 Å². The summed E-state index contributed by atoms with van der Waals surface area (Å²) < 4.78 is 8.10. The molecule has 2 saturated heterocycles. The normalized spacial score (nSPS) is 26.4. The van der Waals surface area contributed by atoms with Crippen LogP contribution in [0.5, 0.6) is 0 Å². The molecular weight excluding hydrogens is 294 g/mol. The smallest absolute Gasteiger partial charge is 0.160 e. The molecule has 0 radical (unpaired) electrons. The van der Waals surface area contributed by atoms with Gasteiger partial charge in [0.2, 0.25) is 0 Å². The molecule has 2 aliphatic heterocycles. The van der Waals surface area contributed by atoms with E-state index in [0.29, 0.717) is 12.0 Å². The molecule has 0 saturated carbocycles. The fraction of sp³-hybridized carbons (Fsp3) is 0.647. The predicted molar refractivity (Wildman–Crippen MR) is 90.4 cm³/mol. The monoisotopic (exact) mass is 317 g/mol. The third kappa shape index (κ3) is 2.88. The van der Waals surface area contributed by atoms with E-state index in [1.54, 1.807) is 0 Å². The highest BCUT2D eigenvalue weighted by Gasteiger charge is 2.24. The first-order valence-corrected chi connectivity index (χ1v) is 9.54. The molecule has 22 heavy (non-hydrogen) atoms. The summed E-state index contributed by atoms with van der Waals surface area (Å²) >= 11 is 2.06. The van der Waals surface area contributed by atoms with Gasteiger partial charge in [0.05, 0.1) is 0 Å². The van der Waals surface area contributed by atoms with Crippen LogP contribution in [0.15, 0.2) is 18.3 Å². The van der Waals surface area contributed by atoms with Crippen LogP contribution < -0.4 is 0 Å². The molecule has 118 valence electrons. The molecule has 2 unspecified atom stereocenters. The average molecular weight is 317 g/mol. The lowest BCUT2D eigenvalue weighted by atomic mass is 9.98. The Morgan fingerprint density at radius 2 is 2.32 bits per heavy atom. The van der Waals surface area contributed by atoms with Crippen molar-refractivity contribution in [2.75, 3.05) is 24.7 Å². The summed E-state index contributed by atoms with van der Waals surface area (Å²) in [7, 11) is 0. The van der Waals surface area contributed by atoms with Gasteiger partial charge in [0, 0.05) is 37.6 Å². The number of hydrogen-bond donors (Lipinski definition) is 0. The first-order chi connectivity index (χ1) is 10.9. The van der Waals surface area contributed by atoms with Gasteiger partial charge in [-0.25, -0.2) is 9.97 Å². The van der Waals surface area contributed by atoms with Crippen LogP contribution in [0.3, 0.4) is 0 Å². The highest BCUT2D eigenvalue weighted by atomic mass is 32.2. The highest BCUT2D eigenvalue weighted by Crippen LogP contribution is 2.32. The fourth-order valence-electron chi connectivity index (χ4n) is 3.66. The molecular formula is C17H23N3OS. The molecule has 0 bridgehead atoms. The molecule has 0 aliphatic carbocycles. The highest BCUT2D eigenvalue weighted by molar-refractivity contribution is 7.99. The third-order valence-electron chi connectivity index (χ3n) is 4.75. The molecule has 2 aromatic heterocycles. The first kappa shape index (κ1) is 14.5. The first-order valence-electron chi connectivity index (χ1n) is 8.39. The lowest BCUT2D eigenvalue weighted by Gasteiger charge is -2.27. The van der Waals surface area contributed by atoms with Gasteiger partial charge in [0.25, 0.3) is 0 Å². The summed E-state index contributed by atoms with van der Waals surface area (Å²) in [6.45, 7) is 1.81. The largest absolute Gasteiger partial charge is 0.381 e. The van der Waals surface area contributed by atoms with Crippen molar-refractivity contribution in [3.05, 3.63) is 24.2 Å². The zero-order chi connectivity index (χ0) is 14.8. The minimum Gasteiger partial charge on any atom is -0.381 e. The quantitative estimate of drug-likeness (QED) is 0.869. The SMILES string of the molecule is c1cnc2c(c1)nc(CC1CCCOC1)n2C1CCCSC1. The van der Waals surface area contributed by atoms with Crippen molar-refractivity contribution in [2.45, 2.75) is 38.1 Å². The lowest BCUT2D eigenvalue weighted by molar-refractivity contribution is 0.0539. The van der Waals surface area contributed by atoms with Gasteiger partial charge < -0.3 is 9.30 Å². The van der Waals surface area contributed by atoms with E-state index in [-0.39, 0.29) is 0 Å². The zero-order valence-corrected chi connectivity index (χ0v) is 13.7. The Labute approximate surface area is 135 Å². The van der Waals surface area contributed by atoms with Gasteiger partial charge in [-0.3, -0.25) is 0 Å². The molecule has 0 aromatic carbocycles. The van der Waals surface area contributed by atoms with Gasteiger partial charge in [0.15, 0.2) is 5.65 Å². The maximum atomic E-state index is 5.66. The fourth-order valence-corrected chi connectivity index (χ4v) is 4.78. The molecule has 2 aliphatic rings. The Hall–Kier alpha value is -1.07. The van der Waals surface area contributed by atoms with Crippen LogP contribution >= 0.6 is 11.8 Å². The van der Waals surface area contributed by atoms with Crippen LogP contribution in [0.25, 0.3) is 11.2 Å². The van der Waals surface area contributed by atoms with E-state index >= 15 is 0 Å². The summed E-state index contributed by atoms with van der Waals surface area (Å²) in [6.07, 6.45) is 7.91. The standard InChI is InChI=1S/C17H23N3OS/c1-6-15-17(18-7-1)20(14-5-3-9-22-12-14)16(19-15)10-13-4-2-8-21-11-13/h1,6-7,13-14H,2-5,8-12H2. The van der Waals surface area contributed by atoms with Gasteiger partial charge in [-0.1, -0.05) is 0 Å². The summed E-state index contributed by atoms with van der Waals surface area (Å²) in [5.74, 6) is 4.32. The molecule has 4 heterocycles. The predicted octanol–water partition coefficient (Wildman–Crippen LogP) is 3.47. The molecule has 4 rings (SSSR count). The summed E-state index contributed by atoms with van der Waals surface area (Å²) in [6, 6.07) is 4.64. The number of pyridine rings is 1. The van der Waals surface area contributed by atoms with Crippen LogP contribution in [0, 0.1) is 5.92 Å². The van der Waals surface area contributed by atoms with Crippen molar-refractivity contribution >= 4 is 22.9 Å². The van der Waals surface area contributed by atoms with Crippen molar-refractivity contribution in [3.8, 4) is 0 Å². The maximum Gasteiger partial charge on any atom is 0.160 e. The van der Waals surface area contributed by atoms with Crippen LogP contribution in [0.2, 0.25) is 0 Å². The molecule has 0 amide bonds. The van der Waals surface area contributed by atoms with Crippen molar-refractivity contribution in [1.29, 1.82) is 0 Å². The Morgan fingerprint density at radius 3 is 3.14 bits per heavy atom. The van der Waals surface area contributed by atoms with Crippen LogP contribution in [-0.2, 0) is 11.2 Å². The van der Waals surface area contributed by atoms with E-state index in [1.165, 1.54) is 43.0 Å². The van der Waals surface area contributed by atoms with Crippen molar-refractivity contribution < 1.29 is 4.74 Å². The average Bonchev–Trinajstić information content (AvgIpc) is 2.94. The molecule has 0 spiro atoms. The number of imidazole rings is 1. The number of nitrogens with zero attached hydrogens (tertiary/aromatic N) is 3. The molecule has 4 nitrogen and oxygen atoms in total. The second-order valence-electron chi connectivity index (χ2n) is 6.40. The van der Waals surface area contributed by atoms with E-state index < -0.39 is 0 Å². The van der Waals surface area contributed by atoms with Gasteiger partial charge >= 0.3 is 0 Å². The van der Waals surface area contributed by atoms with Gasteiger partial charge in [-0.05, 0) is 49.5 Å². The van der Waals surface area contributed by atoms with Crippen LogP contribution in [-0.4, -0.2) is 39.3 Å². The van der Waals surface area contributed by atoms with Crippen molar-refractivity contribution in [2.24, 2.45) is 5.92 Å². The zero-order valence-electron chi connectivity index (χ0n) is 12.9. The van der Waals surface area contributed by atoms with Gasteiger partial charge in [-0.2, -0.15) is 11.8 Å². The number of hydrogen-bond acceptors (Lipinski definition) is 4. The Bertz CT molecular complexity index is 630. The number of ether oxygens (including phenoxy) is 1. The maximum absolute atomic E-state index is 5.66. The van der Waals surface area contributed by atoms with Gasteiger partial charge in [0.1, 0.15) is 11.3 Å². The van der Waals surface area contributed by atoms with E-state index in [9.17, 15) is 0 Å². The number of fused-ring (bicyclic) bond motifs is 1.